The number of aromatic amines is 1. The van der Waals surface area contributed by atoms with Crippen LogP contribution in [0.1, 0.15) is 40.0 Å². The molecule has 1 atom stereocenters. The van der Waals surface area contributed by atoms with Crippen LogP contribution in [0.2, 0.25) is 0 Å². The number of nitrogens with zero attached hydrogens (tertiary/aromatic N) is 1. The van der Waals surface area contributed by atoms with Gasteiger partial charge in [-0.2, -0.15) is 4.31 Å². The SMILES string of the molecule is CCCCN(C(C)CC)S(=O)(=O)c1c[nH]ccc1=O. The monoisotopic (exact) mass is 286 g/mol. The Hall–Kier alpha value is -1.14. The molecule has 1 heterocycles. The molecule has 1 N–H and O–H groups in total. The number of rotatable bonds is 7. The third-order valence-electron chi connectivity index (χ3n) is 3.19. The molecule has 0 aromatic carbocycles. The zero-order chi connectivity index (χ0) is 14.5. The number of sulfonamides is 1. The minimum Gasteiger partial charge on any atom is -0.366 e. The Kier molecular flexibility index (Phi) is 5.75. The first-order valence-corrected chi connectivity index (χ1v) is 8.08. The molecule has 0 aliphatic rings. The lowest BCUT2D eigenvalue weighted by atomic mass is 10.2. The van der Waals surface area contributed by atoms with Gasteiger partial charge >= 0.3 is 0 Å². The molecule has 1 aromatic heterocycles. The van der Waals surface area contributed by atoms with Crippen molar-refractivity contribution in [2.45, 2.75) is 51.0 Å². The normalized spacial score (nSPS) is 13.7. The largest absolute Gasteiger partial charge is 0.366 e. The van der Waals surface area contributed by atoms with Gasteiger partial charge in [0, 0.05) is 31.0 Å². The van der Waals surface area contributed by atoms with Gasteiger partial charge < -0.3 is 4.98 Å². The van der Waals surface area contributed by atoms with Crippen molar-refractivity contribution in [3.63, 3.8) is 0 Å². The van der Waals surface area contributed by atoms with Crippen LogP contribution in [0.15, 0.2) is 28.2 Å². The standard InChI is InChI=1S/C13H22N2O3S/c1-4-6-9-15(11(3)5-2)19(17,18)13-10-14-8-7-12(13)16/h7-8,10-11H,4-6,9H2,1-3H3,(H,14,16). The second-order valence-electron chi connectivity index (χ2n) is 4.60. The summed E-state index contributed by atoms with van der Waals surface area (Å²) < 4.78 is 26.6. The van der Waals surface area contributed by atoms with Crippen molar-refractivity contribution in [2.75, 3.05) is 6.54 Å². The first-order chi connectivity index (χ1) is 8.95. The van der Waals surface area contributed by atoms with Crippen LogP contribution < -0.4 is 5.43 Å². The van der Waals surface area contributed by atoms with E-state index in [2.05, 4.69) is 4.98 Å². The molecule has 0 amide bonds. The number of aromatic nitrogens is 1. The molecule has 0 fully saturated rings. The Balaban J connectivity index is 3.20. The van der Waals surface area contributed by atoms with E-state index in [1.165, 1.54) is 22.8 Å². The van der Waals surface area contributed by atoms with Gasteiger partial charge in [0.2, 0.25) is 15.5 Å². The highest BCUT2D eigenvalue weighted by Crippen LogP contribution is 2.17. The molecule has 6 heteroatoms. The van der Waals surface area contributed by atoms with Crippen molar-refractivity contribution in [3.05, 3.63) is 28.7 Å². The maximum absolute atomic E-state index is 12.6. The van der Waals surface area contributed by atoms with E-state index < -0.39 is 15.5 Å². The molecule has 0 saturated heterocycles. The van der Waals surface area contributed by atoms with E-state index in [-0.39, 0.29) is 10.9 Å². The van der Waals surface area contributed by atoms with E-state index in [0.717, 1.165) is 12.8 Å². The van der Waals surface area contributed by atoms with Crippen LogP contribution in [0.5, 0.6) is 0 Å². The van der Waals surface area contributed by atoms with Crippen LogP contribution in [0.25, 0.3) is 0 Å². The number of H-pyrrole nitrogens is 1. The summed E-state index contributed by atoms with van der Waals surface area (Å²) in [7, 11) is -3.73. The molecule has 0 saturated carbocycles. The molecule has 1 rings (SSSR count). The fourth-order valence-electron chi connectivity index (χ4n) is 1.82. The molecule has 1 aromatic rings. The highest BCUT2D eigenvalue weighted by atomic mass is 32.2. The van der Waals surface area contributed by atoms with Crippen LogP contribution in [0, 0.1) is 0 Å². The molecular formula is C13H22N2O3S. The van der Waals surface area contributed by atoms with Crippen molar-refractivity contribution in [1.82, 2.24) is 9.29 Å². The average Bonchev–Trinajstić information content (AvgIpc) is 2.38. The third kappa shape index (κ3) is 3.67. The van der Waals surface area contributed by atoms with Crippen LogP contribution in [0.4, 0.5) is 0 Å². The molecular weight excluding hydrogens is 264 g/mol. The quantitative estimate of drug-likeness (QED) is 0.833. The lowest BCUT2D eigenvalue weighted by molar-refractivity contribution is 0.324. The maximum atomic E-state index is 12.6. The minimum atomic E-state index is -3.73. The van der Waals surface area contributed by atoms with Crippen molar-refractivity contribution in [3.8, 4) is 0 Å². The topological polar surface area (TPSA) is 70.2 Å². The van der Waals surface area contributed by atoms with E-state index in [1.54, 1.807) is 0 Å². The summed E-state index contributed by atoms with van der Waals surface area (Å²) in [6.07, 6.45) is 5.11. The molecule has 0 aliphatic carbocycles. The predicted molar refractivity (Wildman–Crippen MR) is 75.6 cm³/mol. The summed E-state index contributed by atoms with van der Waals surface area (Å²) in [5.41, 5.74) is -0.469. The number of hydrogen-bond donors (Lipinski definition) is 1. The van der Waals surface area contributed by atoms with E-state index in [9.17, 15) is 13.2 Å². The molecule has 1 unspecified atom stereocenters. The van der Waals surface area contributed by atoms with Crippen LogP contribution >= 0.6 is 0 Å². The van der Waals surface area contributed by atoms with Crippen LogP contribution in [-0.4, -0.2) is 30.3 Å². The van der Waals surface area contributed by atoms with E-state index in [4.69, 9.17) is 0 Å². The van der Waals surface area contributed by atoms with Crippen LogP contribution in [-0.2, 0) is 10.0 Å². The number of pyridine rings is 1. The summed E-state index contributed by atoms with van der Waals surface area (Å²) in [4.78, 5) is 14.2. The molecule has 108 valence electrons. The number of nitrogens with one attached hydrogen (secondary N) is 1. The molecule has 0 spiro atoms. The van der Waals surface area contributed by atoms with Gasteiger partial charge in [0.25, 0.3) is 0 Å². The maximum Gasteiger partial charge on any atom is 0.248 e. The van der Waals surface area contributed by atoms with Gasteiger partial charge in [0.15, 0.2) is 0 Å². The average molecular weight is 286 g/mol. The molecule has 0 bridgehead atoms. The minimum absolute atomic E-state index is 0.115. The summed E-state index contributed by atoms with van der Waals surface area (Å²) in [6.45, 7) is 6.26. The van der Waals surface area contributed by atoms with Gasteiger partial charge in [-0.1, -0.05) is 20.3 Å². The summed E-state index contributed by atoms with van der Waals surface area (Å²) >= 11 is 0. The summed E-state index contributed by atoms with van der Waals surface area (Å²) in [5.74, 6) is 0. The molecule has 0 aliphatic heterocycles. The van der Waals surface area contributed by atoms with E-state index >= 15 is 0 Å². The zero-order valence-corrected chi connectivity index (χ0v) is 12.5. The Morgan fingerprint density at radius 3 is 2.58 bits per heavy atom. The first-order valence-electron chi connectivity index (χ1n) is 6.64. The van der Waals surface area contributed by atoms with Gasteiger partial charge in [0.1, 0.15) is 4.90 Å². The van der Waals surface area contributed by atoms with Gasteiger partial charge in [-0.3, -0.25) is 4.79 Å². The molecule has 5 nitrogen and oxygen atoms in total. The smallest absolute Gasteiger partial charge is 0.248 e. The van der Waals surface area contributed by atoms with Gasteiger partial charge in [-0.05, 0) is 19.8 Å². The third-order valence-corrected chi connectivity index (χ3v) is 5.22. The molecule has 0 radical (unpaired) electrons. The zero-order valence-electron chi connectivity index (χ0n) is 11.7. The fourth-order valence-corrected chi connectivity index (χ4v) is 3.61. The Morgan fingerprint density at radius 1 is 1.37 bits per heavy atom. The second-order valence-corrected chi connectivity index (χ2v) is 6.46. The van der Waals surface area contributed by atoms with E-state index in [0.29, 0.717) is 13.0 Å². The fraction of sp³-hybridized carbons (Fsp3) is 0.615. The number of unbranched alkanes of at least 4 members (excludes halogenated alkanes) is 1. The van der Waals surface area contributed by atoms with E-state index in [1.807, 2.05) is 20.8 Å². The number of hydrogen-bond acceptors (Lipinski definition) is 3. The van der Waals surface area contributed by atoms with Crippen molar-refractivity contribution >= 4 is 10.0 Å². The summed E-state index contributed by atoms with van der Waals surface area (Å²) in [6, 6.07) is 1.12. The highest BCUT2D eigenvalue weighted by Gasteiger charge is 2.29. The lowest BCUT2D eigenvalue weighted by Gasteiger charge is -2.27. The van der Waals surface area contributed by atoms with Crippen molar-refractivity contribution in [2.24, 2.45) is 0 Å². The van der Waals surface area contributed by atoms with Gasteiger partial charge in [-0.25, -0.2) is 8.42 Å². The second kappa shape index (κ2) is 6.86. The summed E-state index contributed by atoms with van der Waals surface area (Å²) in [5, 5.41) is 0. The Bertz CT molecular complexity index is 551. The Labute approximate surface area is 114 Å². The Morgan fingerprint density at radius 2 is 2.05 bits per heavy atom. The first kappa shape index (κ1) is 15.9. The van der Waals surface area contributed by atoms with Crippen molar-refractivity contribution < 1.29 is 8.42 Å². The van der Waals surface area contributed by atoms with Crippen LogP contribution in [0.3, 0.4) is 0 Å². The molecule has 19 heavy (non-hydrogen) atoms. The highest BCUT2D eigenvalue weighted by molar-refractivity contribution is 7.89. The van der Waals surface area contributed by atoms with Crippen molar-refractivity contribution in [1.29, 1.82) is 0 Å². The predicted octanol–water partition coefficient (Wildman–Crippen LogP) is 1.96. The van der Waals surface area contributed by atoms with Gasteiger partial charge in [0.05, 0.1) is 0 Å². The lowest BCUT2D eigenvalue weighted by Crippen LogP contribution is -2.40. The van der Waals surface area contributed by atoms with Gasteiger partial charge in [-0.15, -0.1) is 0 Å².